The van der Waals surface area contributed by atoms with Gasteiger partial charge in [-0.3, -0.25) is 0 Å². The van der Waals surface area contributed by atoms with Crippen molar-refractivity contribution >= 4 is 11.8 Å². The molecular formula is C8H16OS. The van der Waals surface area contributed by atoms with Gasteiger partial charge in [-0.1, -0.05) is 6.92 Å². The van der Waals surface area contributed by atoms with Crippen LogP contribution in [0.3, 0.4) is 0 Å². The van der Waals surface area contributed by atoms with E-state index < -0.39 is 0 Å². The van der Waals surface area contributed by atoms with Crippen molar-refractivity contribution in [2.75, 3.05) is 18.1 Å². The van der Waals surface area contributed by atoms with E-state index in [1.807, 2.05) is 11.8 Å². The molecule has 0 amide bonds. The molecule has 0 spiro atoms. The lowest BCUT2D eigenvalue weighted by molar-refractivity contribution is 0.0115. The summed E-state index contributed by atoms with van der Waals surface area (Å²) in [6.07, 6.45) is 4.61. The van der Waals surface area contributed by atoms with Crippen molar-refractivity contribution in [2.24, 2.45) is 0 Å². The van der Waals surface area contributed by atoms with Gasteiger partial charge in [0.1, 0.15) is 0 Å². The van der Waals surface area contributed by atoms with Crippen LogP contribution in [0.15, 0.2) is 0 Å². The smallest absolute Gasteiger partial charge is 0.0575 e. The minimum atomic E-state index is 0.623. The lowest BCUT2D eigenvalue weighted by Gasteiger charge is -2.25. The van der Waals surface area contributed by atoms with Crippen molar-refractivity contribution in [1.82, 2.24) is 0 Å². The van der Waals surface area contributed by atoms with E-state index in [1.54, 1.807) is 0 Å². The van der Waals surface area contributed by atoms with Gasteiger partial charge in [-0.2, -0.15) is 11.8 Å². The predicted molar refractivity (Wildman–Crippen MR) is 46.6 cm³/mol. The Bertz CT molecular complexity index is 81.3. The minimum Gasteiger partial charge on any atom is -0.377 e. The van der Waals surface area contributed by atoms with E-state index in [1.165, 1.54) is 30.8 Å². The summed E-state index contributed by atoms with van der Waals surface area (Å²) in [5.74, 6) is 2.39. The molecular weight excluding hydrogens is 144 g/mol. The average molecular weight is 160 g/mol. The Balaban J connectivity index is 1.76. The van der Waals surface area contributed by atoms with Crippen LogP contribution in [0.2, 0.25) is 0 Å². The molecule has 1 aliphatic rings. The maximum Gasteiger partial charge on any atom is 0.0575 e. The van der Waals surface area contributed by atoms with E-state index in [-0.39, 0.29) is 0 Å². The fourth-order valence-corrected chi connectivity index (χ4v) is 1.46. The van der Waals surface area contributed by atoms with Crippen LogP contribution in [0.5, 0.6) is 0 Å². The van der Waals surface area contributed by atoms with Crippen LogP contribution in [0.25, 0.3) is 0 Å². The number of thioether (sulfide) groups is 1. The Morgan fingerprint density at radius 3 is 2.80 bits per heavy atom. The highest BCUT2D eigenvalue weighted by molar-refractivity contribution is 7.99. The first-order chi connectivity index (χ1) is 4.93. The molecule has 0 bridgehead atoms. The highest BCUT2D eigenvalue weighted by Gasteiger charge is 2.16. The van der Waals surface area contributed by atoms with Gasteiger partial charge in [0.15, 0.2) is 0 Å². The molecule has 60 valence electrons. The summed E-state index contributed by atoms with van der Waals surface area (Å²) in [7, 11) is 0. The molecule has 10 heavy (non-hydrogen) atoms. The molecule has 0 radical (unpaired) electrons. The standard InChI is InChI=1S/C8H16OS/c1-2-10-7-6-9-8-4-3-5-8/h8H,2-7H2,1H3. The Morgan fingerprint density at radius 2 is 2.30 bits per heavy atom. The van der Waals surface area contributed by atoms with E-state index >= 15 is 0 Å². The quantitative estimate of drug-likeness (QED) is 0.571. The van der Waals surface area contributed by atoms with Gasteiger partial charge < -0.3 is 4.74 Å². The van der Waals surface area contributed by atoms with Gasteiger partial charge in [0.2, 0.25) is 0 Å². The second kappa shape index (κ2) is 5.03. The fourth-order valence-electron chi connectivity index (χ4n) is 0.955. The molecule has 0 atom stereocenters. The van der Waals surface area contributed by atoms with Crippen molar-refractivity contribution in [2.45, 2.75) is 32.3 Å². The molecule has 2 heteroatoms. The first-order valence-electron chi connectivity index (χ1n) is 4.13. The fraction of sp³-hybridized carbons (Fsp3) is 1.00. The summed E-state index contributed by atoms with van der Waals surface area (Å²) in [5, 5.41) is 0. The third kappa shape index (κ3) is 2.93. The van der Waals surface area contributed by atoms with Crippen molar-refractivity contribution in [3.05, 3.63) is 0 Å². The maximum atomic E-state index is 5.56. The summed E-state index contributed by atoms with van der Waals surface area (Å²) in [5.41, 5.74) is 0. The first-order valence-corrected chi connectivity index (χ1v) is 5.28. The highest BCUT2D eigenvalue weighted by atomic mass is 32.2. The molecule has 0 aromatic carbocycles. The highest BCUT2D eigenvalue weighted by Crippen LogP contribution is 2.21. The molecule has 0 aromatic heterocycles. The Hall–Kier alpha value is 0.310. The Kier molecular flexibility index (Phi) is 4.23. The van der Waals surface area contributed by atoms with E-state index in [4.69, 9.17) is 4.74 Å². The molecule has 0 unspecified atom stereocenters. The van der Waals surface area contributed by atoms with Crippen LogP contribution in [0.4, 0.5) is 0 Å². The van der Waals surface area contributed by atoms with Crippen molar-refractivity contribution in [1.29, 1.82) is 0 Å². The molecule has 0 heterocycles. The van der Waals surface area contributed by atoms with E-state index in [0.29, 0.717) is 6.10 Å². The van der Waals surface area contributed by atoms with Gasteiger partial charge in [0.25, 0.3) is 0 Å². The van der Waals surface area contributed by atoms with Crippen LogP contribution >= 0.6 is 11.8 Å². The van der Waals surface area contributed by atoms with Gasteiger partial charge in [-0.05, 0) is 25.0 Å². The summed E-state index contributed by atoms with van der Waals surface area (Å²) in [4.78, 5) is 0. The average Bonchev–Trinajstić information content (AvgIpc) is 1.84. The largest absolute Gasteiger partial charge is 0.377 e. The van der Waals surface area contributed by atoms with Crippen LogP contribution in [0.1, 0.15) is 26.2 Å². The van der Waals surface area contributed by atoms with E-state index in [0.717, 1.165) is 6.61 Å². The summed E-state index contributed by atoms with van der Waals surface area (Å²) < 4.78 is 5.56. The second-order valence-corrected chi connectivity index (χ2v) is 4.01. The third-order valence-electron chi connectivity index (χ3n) is 1.84. The first kappa shape index (κ1) is 8.41. The molecule has 1 rings (SSSR count). The Labute approximate surface area is 67.5 Å². The minimum absolute atomic E-state index is 0.623. The van der Waals surface area contributed by atoms with Crippen LogP contribution in [0, 0.1) is 0 Å². The maximum absolute atomic E-state index is 5.56. The number of ether oxygens (including phenoxy) is 1. The molecule has 0 N–H and O–H groups in total. The van der Waals surface area contributed by atoms with Gasteiger partial charge in [-0.15, -0.1) is 0 Å². The lowest BCUT2D eigenvalue weighted by atomic mass is 9.96. The van der Waals surface area contributed by atoms with Crippen molar-refractivity contribution < 1.29 is 4.74 Å². The summed E-state index contributed by atoms with van der Waals surface area (Å²) in [6.45, 7) is 3.15. The van der Waals surface area contributed by atoms with Crippen LogP contribution in [-0.2, 0) is 4.74 Å². The molecule has 1 nitrogen and oxygen atoms in total. The van der Waals surface area contributed by atoms with Gasteiger partial charge in [-0.25, -0.2) is 0 Å². The zero-order chi connectivity index (χ0) is 7.23. The zero-order valence-corrected chi connectivity index (χ0v) is 7.45. The molecule has 1 saturated carbocycles. The second-order valence-electron chi connectivity index (χ2n) is 2.62. The predicted octanol–water partition coefficient (Wildman–Crippen LogP) is 2.31. The summed E-state index contributed by atoms with van der Waals surface area (Å²) >= 11 is 1.96. The van der Waals surface area contributed by atoms with E-state index in [2.05, 4.69) is 6.92 Å². The van der Waals surface area contributed by atoms with Gasteiger partial charge in [0, 0.05) is 5.75 Å². The molecule has 0 aliphatic heterocycles. The number of rotatable bonds is 5. The molecule has 1 aliphatic carbocycles. The van der Waals surface area contributed by atoms with Gasteiger partial charge >= 0.3 is 0 Å². The van der Waals surface area contributed by atoms with Crippen LogP contribution in [-0.4, -0.2) is 24.2 Å². The monoisotopic (exact) mass is 160 g/mol. The van der Waals surface area contributed by atoms with Crippen molar-refractivity contribution in [3.8, 4) is 0 Å². The molecule has 1 fully saturated rings. The topological polar surface area (TPSA) is 9.23 Å². The summed E-state index contributed by atoms with van der Waals surface area (Å²) in [6, 6.07) is 0. The number of hydrogen-bond acceptors (Lipinski definition) is 2. The van der Waals surface area contributed by atoms with Crippen molar-refractivity contribution in [3.63, 3.8) is 0 Å². The normalized spacial score (nSPS) is 18.9. The van der Waals surface area contributed by atoms with Gasteiger partial charge in [0.05, 0.1) is 12.7 Å². The third-order valence-corrected chi connectivity index (χ3v) is 2.70. The SMILES string of the molecule is CCSCCOC1CCC1. The number of hydrogen-bond donors (Lipinski definition) is 0. The van der Waals surface area contributed by atoms with E-state index in [9.17, 15) is 0 Å². The lowest BCUT2D eigenvalue weighted by Crippen LogP contribution is -2.22. The molecule has 0 aromatic rings. The molecule has 0 saturated heterocycles. The van der Waals surface area contributed by atoms with Crippen LogP contribution < -0.4 is 0 Å². The zero-order valence-electron chi connectivity index (χ0n) is 6.64. The Morgan fingerprint density at radius 1 is 1.50 bits per heavy atom.